The molecule has 3 atom stereocenters. The predicted octanol–water partition coefficient (Wildman–Crippen LogP) is 2.45. The molecule has 1 heterocycles. The Morgan fingerprint density at radius 3 is 2.57 bits per heavy atom. The van der Waals surface area contributed by atoms with Crippen LogP contribution in [0.5, 0.6) is 0 Å². The number of carboxylic acids is 1. The summed E-state index contributed by atoms with van der Waals surface area (Å²) >= 11 is 0. The lowest BCUT2D eigenvalue weighted by atomic mass is 9.78. The lowest BCUT2D eigenvalue weighted by Crippen LogP contribution is -2.21. The zero-order valence-corrected chi connectivity index (χ0v) is 12.8. The van der Waals surface area contributed by atoms with E-state index in [9.17, 15) is 19.4 Å². The second kappa shape index (κ2) is 5.42. The molecule has 2 fully saturated rings. The summed E-state index contributed by atoms with van der Waals surface area (Å²) in [6.07, 6.45) is 3.45. The van der Waals surface area contributed by atoms with Crippen LogP contribution in [-0.2, 0) is 4.79 Å². The van der Waals surface area contributed by atoms with Crippen LogP contribution in [0.3, 0.4) is 0 Å². The van der Waals surface area contributed by atoms with Crippen molar-refractivity contribution in [1.82, 2.24) is 5.32 Å². The number of fused-ring (bicyclic) bond motifs is 1. The zero-order valence-electron chi connectivity index (χ0n) is 12.8. The Morgan fingerprint density at radius 1 is 1.17 bits per heavy atom. The number of hydrogen-bond donors (Lipinski definition) is 3. The first-order chi connectivity index (χ1) is 11.1. The van der Waals surface area contributed by atoms with Crippen molar-refractivity contribution in [2.45, 2.75) is 37.2 Å². The largest absolute Gasteiger partial charge is 0.478 e. The highest BCUT2D eigenvalue weighted by atomic mass is 19.1. The number of aliphatic carboxylic acids is 1. The number of nitrogens with one attached hydrogen (secondary N) is 1. The predicted molar refractivity (Wildman–Crippen MR) is 82.8 cm³/mol. The Balaban J connectivity index is 1.82. The van der Waals surface area contributed by atoms with E-state index < -0.39 is 12.1 Å². The van der Waals surface area contributed by atoms with Crippen molar-refractivity contribution in [1.29, 1.82) is 0 Å². The first kappa shape index (κ1) is 14.8. The van der Waals surface area contributed by atoms with Crippen molar-refractivity contribution in [3.63, 3.8) is 0 Å². The minimum Gasteiger partial charge on any atom is -0.478 e. The second-order valence-electron chi connectivity index (χ2n) is 6.89. The summed E-state index contributed by atoms with van der Waals surface area (Å²) in [6, 6.07) is 3.24. The fraction of sp³-hybridized carbons (Fsp3) is 0.500. The van der Waals surface area contributed by atoms with Gasteiger partial charge in [-0.3, -0.25) is 0 Å². The summed E-state index contributed by atoms with van der Waals surface area (Å²) in [7, 11) is 0. The van der Waals surface area contributed by atoms with Gasteiger partial charge >= 0.3 is 5.97 Å². The average Bonchev–Trinajstić information content (AvgIpc) is 3.21. The number of allylic oxidation sites excluding steroid dienone is 1. The van der Waals surface area contributed by atoms with Gasteiger partial charge in [0.1, 0.15) is 11.9 Å². The normalized spacial score (nSPS) is 30.0. The Labute approximate surface area is 134 Å². The van der Waals surface area contributed by atoms with Crippen molar-refractivity contribution in [2.75, 3.05) is 13.1 Å². The third-order valence-corrected chi connectivity index (χ3v) is 5.39. The molecule has 1 saturated heterocycles. The lowest BCUT2D eigenvalue weighted by Gasteiger charge is -2.29. The summed E-state index contributed by atoms with van der Waals surface area (Å²) < 4.78 is 14.6. The first-order valence-electron chi connectivity index (χ1n) is 8.23. The first-order valence-corrected chi connectivity index (χ1v) is 8.23. The van der Waals surface area contributed by atoms with Gasteiger partial charge in [-0.2, -0.15) is 0 Å². The monoisotopic (exact) mass is 317 g/mol. The number of aliphatic hydroxyl groups is 1. The highest BCUT2D eigenvalue weighted by Crippen LogP contribution is 2.50. The molecule has 1 aliphatic heterocycles. The number of benzene rings is 1. The molecule has 122 valence electrons. The van der Waals surface area contributed by atoms with E-state index >= 15 is 0 Å². The Hall–Kier alpha value is -1.72. The highest BCUT2D eigenvalue weighted by molar-refractivity contribution is 5.89. The van der Waals surface area contributed by atoms with Gasteiger partial charge in [-0.05, 0) is 54.5 Å². The maximum Gasteiger partial charge on any atom is 0.334 e. The van der Waals surface area contributed by atoms with Crippen LogP contribution in [0.2, 0.25) is 0 Å². The molecule has 23 heavy (non-hydrogen) atoms. The van der Waals surface area contributed by atoms with Gasteiger partial charge in [0.05, 0.1) is 5.57 Å². The van der Waals surface area contributed by atoms with Crippen LogP contribution < -0.4 is 5.32 Å². The molecule has 5 heteroatoms. The summed E-state index contributed by atoms with van der Waals surface area (Å²) in [5.74, 6) is -0.915. The van der Waals surface area contributed by atoms with E-state index in [4.69, 9.17) is 0 Å². The summed E-state index contributed by atoms with van der Waals surface area (Å²) in [5, 5.41) is 22.9. The van der Waals surface area contributed by atoms with Gasteiger partial charge in [0.15, 0.2) is 0 Å². The van der Waals surface area contributed by atoms with Gasteiger partial charge in [0, 0.05) is 18.4 Å². The van der Waals surface area contributed by atoms with Crippen molar-refractivity contribution in [3.8, 4) is 0 Å². The van der Waals surface area contributed by atoms with Gasteiger partial charge in [-0.15, -0.1) is 0 Å². The molecule has 3 unspecified atom stereocenters. The number of carboxylic acid groups (broad SMARTS) is 1. The molecule has 1 aromatic carbocycles. The molecule has 1 aromatic rings. The lowest BCUT2D eigenvalue weighted by molar-refractivity contribution is -0.133. The average molecular weight is 317 g/mol. The van der Waals surface area contributed by atoms with Gasteiger partial charge in [-0.1, -0.05) is 12.1 Å². The number of carbonyl (C=O) groups is 1. The molecule has 2 aliphatic carbocycles. The van der Waals surface area contributed by atoms with Crippen LogP contribution in [0.1, 0.15) is 53.9 Å². The molecule has 4 nitrogen and oxygen atoms in total. The van der Waals surface area contributed by atoms with E-state index in [-0.39, 0.29) is 23.2 Å². The number of rotatable bonds is 3. The van der Waals surface area contributed by atoms with Gasteiger partial charge in [0.2, 0.25) is 0 Å². The maximum absolute atomic E-state index is 14.6. The number of halogens is 1. The van der Waals surface area contributed by atoms with Crippen molar-refractivity contribution in [3.05, 3.63) is 46.3 Å². The number of hydrogen-bond acceptors (Lipinski definition) is 3. The highest BCUT2D eigenvalue weighted by Gasteiger charge is 2.39. The van der Waals surface area contributed by atoms with E-state index in [0.717, 1.165) is 37.9 Å². The summed E-state index contributed by atoms with van der Waals surface area (Å²) in [4.78, 5) is 11.4. The minimum atomic E-state index is -1.25. The van der Waals surface area contributed by atoms with Crippen LogP contribution in [0.15, 0.2) is 23.8 Å². The van der Waals surface area contributed by atoms with Crippen LogP contribution in [0.25, 0.3) is 0 Å². The molecule has 0 bridgehead atoms. The maximum atomic E-state index is 14.6. The van der Waals surface area contributed by atoms with E-state index in [2.05, 4.69) is 5.32 Å². The molecule has 0 aromatic heterocycles. The van der Waals surface area contributed by atoms with E-state index in [1.54, 1.807) is 6.08 Å². The van der Waals surface area contributed by atoms with E-state index in [0.29, 0.717) is 17.0 Å². The third-order valence-electron chi connectivity index (χ3n) is 5.39. The molecular formula is C18H20FNO3. The molecule has 3 aliphatic rings. The zero-order chi connectivity index (χ0) is 16.1. The van der Waals surface area contributed by atoms with E-state index in [1.165, 1.54) is 6.07 Å². The van der Waals surface area contributed by atoms with E-state index in [1.807, 2.05) is 6.07 Å². The fourth-order valence-corrected chi connectivity index (χ4v) is 3.96. The van der Waals surface area contributed by atoms with Crippen LogP contribution >= 0.6 is 0 Å². The smallest absolute Gasteiger partial charge is 0.334 e. The standard InChI is InChI=1S/C18H20FNO3/c19-16-7-14-13(6-12(16)10-3-4-20-8-10)11(9-1-2-9)5-15(17(14)21)18(22)23/h5-7,9-11,17,20-21H,1-4,8H2,(H,22,23). The van der Waals surface area contributed by atoms with Gasteiger partial charge < -0.3 is 15.5 Å². The van der Waals surface area contributed by atoms with Crippen molar-refractivity contribution < 1.29 is 19.4 Å². The van der Waals surface area contributed by atoms with Gasteiger partial charge in [-0.25, -0.2) is 9.18 Å². The SMILES string of the molecule is O=C(O)C1=CC(C2CC2)c2cc(C3CCNC3)c(F)cc2C1O. The molecule has 0 radical (unpaired) electrons. The Bertz CT molecular complexity index is 690. The summed E-state index contributed by atoms with van der Waals surface area (Å²) in [5.41, 5.74) is 2.00. The minimum absolute atomic E-state index is 0.0202. The van der Waals surface area contributed by atoms with Gasteiger partial charge in [0.25, 0.3) is 0 Å². The van der Waals surface area contributed by atoms with Crippen LogP contribution in [-0.4, -0.2) is 29.3 Å². The van der Waals surface area contributed by atoms with Crippen LogP contribution in [0.4, 0.5) is 4.39 Å². The van der Waals surface area contributed by atoms with Crippen LogP contribution in [0, 0.1) is 11.7 Å². The Morgan fingerprint density at radius 2 is 1.96 bits per heavy atom. The topological polar surface area (TPSA) is 69.6 Å². The Kier molecular flexibility index (Phi) is 3.50. The molecule has 1 saturated carbocycles. The molecule has 0 spiro atoms. The van der Waals surface area contributed by atoms with Crippen molar-refractivity contribution >= 4 is 5.97 Å². The molecule has 3 N–H and O–H groups in total. The molecular weight excluding hydrogens is 297 g/mol. The summed E-state index contributed by atoms with van der Waals surface area (Å²) in [6.45, 7) is 1.65. The molecule has 0 amide bonds. The third kappa shape index (κ3) is 2.48. The second-order valence-corrected chi connectivity index (χ2v) is 6.89. The fourth-order valence-electron chi connectivity index (χ4n) is 3.96. The quantitative estimate of drug-likeness (QED) is 0.801. The van der Waals surface area contributed by atoms with Crippen molar-refractivity contribution in [2.24, 2.45) is 5.92 Å². The number of aliphatic hydroxyl groups excluding tert-OH is 1. The molecule has 4 rings (SSSR count).